The van der Waals surface area contributed by atoms with Gasteiger partial charge in [0.25, 0.3) is 0 Å². The van der Waals surface area contributed by atoms with Crippen LogP contribution in [0.1, 0.15) is 31.1 Å². The minimum absolute atomic E-state index is 0.268. The molecule has 1 aliphatic rings. The molecule has 1 aromatic rings. The summed E-state index contributed by atoms with van der Waals surface area (Å²) in [5.41, 5.74) is -0.503. The van der Waals surface area contributed by atoms with E-state index in [9.17, 15) is 5.11 Å². The van der Waals surface area contributed by atoms with Gasteiger partial charge in [-0.05, 0) is 37.6 Å². The predicted molar refractivity (Wildman–Crippen MR) is 59.4 cm³/mol. The fourth-order valence-corrected chi connectivity index (χ4v) is 2.76. The monoisotopic (exact) mass is 211 g/mol. The van der Waals surface area contributed by atoms with Crippen LogP contribution in [0.5, 0.6) is 0 Å². The number of hydrogen-bond donors (Lipinski definition) is 2. The quantitative estimate of drug-likeness (QED) is 0.803. The van der Waals surface area contributed by atoms with Gasteiger partial charge >= 0.3 is 0 Å². The maximum absolute atomic E-state index is 10.0. The van der Waals surface area contributed by atoms with E-state index in [-0.39, 0.29) is 6.04 Å². The number of nitrogens with one attached hydrogen (secondary N) is 1. The van der Waals surface area contributed by atoms with Crippen LogP contribution in [0.4, 0.5) is 0 Å². The molecule has 2 atom stereocenters. The summed E-state index contributed by atoms with van der Waals surface area (Å²) in [6, 6.07) is 4.46. The van der Waals surface area contributed by atoms with Gasteiger partial charge in [-0.25, -0.2) is 0 Å². The summed E-state index contributed by atoms with van der Waals surface area (Å²) in [7, 11) is 0. The minimum Gasteiger partial charge on any atom is -0.389 e. The predicted octanol–water partition coefficient (Wildman–Crippen LogP) is 2.14. The molecule has 0 amide bonds. The molecule has 1 saturated carbocycles. The highest BCUT2D eigenvalue weighted by Crippen LogP contribution is 2.29. The molecule has 2 unspecified atom stereocenters. The number of rotatable bonds is 3. The Bertz CT molecular complexity index is 281. The standard InChI is InChI=1S/C11H17NOS/c1-11(13)6-2-5-10(11)12-8-9-4-3-7-14-9/h3-4,7,10,12-13H,2,5-6,8H2,1H3. The lowest BCUT2D eigenvalue weighted by Crippen LogP contribution is -2.43. The van der Waals surface area contributed by atoms with Crippen molar-refractivity contribution in [2.24, 2.45) is 0 Å². The smallest absolute Gasteiger partial charge is 0.0772 e. The number of hydrogen-bond acceptors (Lipinski definition) is 3. The Labute approximate surface area is 89.0 Å². The molecule has 0 aliphatic heterocycles. The lowest BCUT2D eigenvalue weighted by Gasteiger charge is -2.26. The molecule has 0 spiro atoms. The second-order valence-electron chi connectivity index (χ2n) is 4.26. The Balaban J connectivity index is 1.86. The maximum Gasteiger partial charge on any atom is 0.0772 e. The van der Waals surface area contributed by atoms with Crippen molar-refractivity contribution in [3.05, 3.63) is 22.4 Å². The van der Waals surface area contributed by atoms with Crippen LogP contribution in [-0.4, -0.2) is 16.7 Å². The highest BCUT2D eigenvalue weighted by atomic mass is 32.1. The zero-order chi connectivity index (χ0) is 10.0. The molecule has 2 N–H and O–H groups in total. The van der Waals surface area contributed by atoms with E-state index in [0.717, 1.165) is 25.8 Å². The van der Waals surface area contributed by atoms with Crippen LogP contribution in [0.25, 0.3) is 0 Å². The molecule has 1 aromatic heterocycles. The fourth-order valence-electron chi connectivity index (χ4n) is 2.11. The summed E-state index contributed by atoms with van der Waals surface area (Å²) in [6.45, 7) is 2.82. The van der Waals surface area contributed by atoms with Crippen LogP contribution in [-0.2, 0) is 6.54 Å². The Hall–Kier alpha value is -0.380. The van der Waals surface area contributed by atoms with Gasteiger partial charge in [0.15, 0.2) is 0 Å². The number of aliphatic hydroxyl groups is 1. The van der Waals surface area contributed by atoms with Crippen LogP contribution >= 0.6 is 11.3 Å². The van der Waals surface area contributed by atoms with E-state index in [1.165, 1.54) is 4.88 Å². The third-order valence-corrected chi connectivity index (χ3v) is 3.91. The molecule has 1 aliphatic carbocycles. The van der Waals surface area contributed by atoms with Crippen molar-refractivity contribution in [2.75, 3.05) is 0 Å². The second-order valence-corrected chi connectivity index (χ2v) is 5.29. The van der Waals surface area contributed by atoms with Crippen molar-refractivity contribution < 1.29 is 5.11 Å². The molecule has 0 radical (unpaired) electrons. The third kappa shape index (κ3) is 2.16. The van der Waals surface area contributed by atoms with Gasteiger partial charge < -0.3 is 10.4 Å². The molecule has 2 rings (SSSR count). The summed E-state index contributed by atoms with van der Waals surface area (Å²) >= 11 is 1.76. The summed E-state index contributed by atoms with van der Waals surface area (Å²) in [5, 5.41) is 15.5. The van der Waals surface area contributed by atoms with Gasteiger partial charge in [-0.3, -0.25) is 0 Å². The first-order valence-corrected chi connectivity index (χ1v) is 6.04. The van der Waals surface area contributed by atoms with Gasteiger partial charge in [-0.1, -0.05) is 6.07 Å². The SMILES string of the molecule is CC1(O)CCCC1NCc1cccs1. The van der Waals surface area contributed by atoms with E-state index in [1.807, 2.05) is 6.92 Å². The molecule has 0 aromatic carbocycles. The van der Waals surface area contributed by atoms with E-state index in [2.05, 4.69) is 22.8 Å². The molecule has 1 heterocycles. The third-order valence-electron chi connectivity index (χ3n) is 3.03. The lowest BCUT2D eigenvalue weighted by molar-refractivity contribution is 0.0388. The molecule has 2 nitrogen and oxygen atoms in total. The van der Waals surface area contributed by atoms with Gasteiger partial charge in [0.05, 0.1) is 5.60 Å². The molecule has 14 heavy (non-hydrogen) atoms. The van der Waals surface area contributed by atoms with Crippen molar-refractivity contribution in [3.8, 4) is 0 Å². The van der Waals surface area contributed by atoms with Gasteiger partial charge in [-0.15, -0.1) is 11.3 Å². The molecule has 3 heteroatoms. The fraction of sp³-hybridized carbons (Fsp3) is 0.636. The van der Waals surface area contributed by atoms with Crippen LogP contribution in [0, 0.1) is 0 Å². The van der Waals surface area contributed by atoms with E-state index in [4.69, 9.17) is 0 Å². The van der Waals surface area contributed by atoms with Crippen molar-refractivity contribution in [1.82, 2.24) is 5.32 Å². The Morgan fingerprint density at radius 2 is 2.57 bits per heavy atom. The van der Waals surface area contributed by atoms with Crippen LogP contribution in [0.2, 0.25) is 0 Å². The maximum atomic E-state index is 10.0. The van der Waals surface area contributed by atoms with E-state index < -0.39 is 5.60 Å². The van der Waals surface area contributed by atoms with Crippen LogP contribution in [0.3, 0.4) is 0 Å². The topological polar surface area (TPSA) is 32.3 Å². The van der Waals surface area contributed by atoms with Gasteiger partial charge in [-0.2, -0.15) is 0 Å². The first-order chi connectivity index (χ1) is 6.68. The Morgan fingerprint density at radius 1 is 1.71 bits per heavy atom. The van der Waals surface area contributed by atoms with Crippen molar-refractivity contribution in [2.45, 2.75) is 44.4 Å². The zero-order valence-corrected chi connectivity index (χ0v) is 9.31. The normalized spacial score (nSPS) is 32.3. The first kappa shape index (κ1) is 10.1. The second kappa shape index (κ2) is 4.01. The van der Waals surface area contributed by atoms with Crippen LogP contribution < -0.4 is 5.32 Å². The molecular weight excluding hydrogens is 194 g/mol. The Kier molecular flexibility index (Phi) is 2.91. The first-order valence-electron chi connectivity index (χ1n) is 5.17. The van der Waals surface area contributed by atoms with E-state index in [0.29, 0.717) is 0 Å². The van der Waals surface area contributed by atoms with Crippen molar-refractivity contribution in [1.29, 1.82) is 0 Å². The zero-order valence-electron chi connectivity index (χ0n) is 8.49. The average Bonchev–Trinajstić information content (AvgIpc) is 2.71. The molecule has 1 fully saturated rings. The largest absolute Gasteiger partial charge is 0.389 e. The van der Waals surface area contributed by atoms with Crippen molar-refractivity contribution >= 4 is 11.3 Å². The summed E-state index contributed by atoms with van der Waals surface area (Å²) < 4.78 is 0. The molecular formula is C11H17NOS. The lowest BCUT2D eigenvalue weighted by atomic mass is 10.0. The molecule has 78 valence electrons. The van der Waals surface area contributed by atoms with E-state index >= 15 is 0 Å². The van der Waals surface area contributed by atoms with Crippen LogP contribution in [0.15, 0.2) is 17.5 Å². The van der Waals surface area contributed by atoms with Gasteiger partial charge in [0.1, 0.15) is 0 Å². The number of thiophene rings is 1. The highest BCUT2D eigenvalue weighted by Gasteiger charge is 2.36. The average molecular weight is 211 g/mol. The molecule has 0 bridgehead atoms. The minimum atomic E-state index is -0.503. The summed E-state index contributed by atoms with van der Waals surface area (Å²) in [5.74, 6) is 0. The van der Waals surface area contributed by atoms with Crippen molar-refractivity contribution in [3.63, 3.8) is 0 Å². The molecule has 0 saturated heterocycles. The summed E-state index contributed by atoms with van der Waals surface area (Å²) in [4.78, 5) is 1.34. The Morgan fingerprint density at radius 3 is 3.14 bits per heavy atom. The van der Waals surface area contributed by atoms with Gasteiger partial charge in [0, 0.05) is 17.5 Å². The summed E-state index contributed by atoms with van der Waals surface area (Å²) in [6.07, 6.45) is 3.16. The van der Waals surface area contributed by atoms with E-state index in [1.54, 1.807) is 11.3 Å². The van der Waals surface area contributed by atoms with Gasteiger partial charge in [0.2, 0.25) is 0 Å². The highest BCUT2D eigenvalue weighted by molar-refractivity contribution is 7.09.